The minimum atomic E-state index is -0.833. The Balaban J connectivity index is 0.000000437. The third-order valence-electron chi connectivity index (χ3n) is 2.32. The van der Waals surface area contributed by atoms with E-state index in [0.717, 1.165) is 11.1 Å². The van der Waals surface area contributed by atoms with E-state index in [0.29, 0.717) is 0 Å². The van der Waals surface area contributed by atoms with Crippen LogP contribution in [0.4, 0.5) is 0 Å². The van der Waals surface area contributed by atoms with E-state index in [-0.39, 0.29) is 6.04 Å². The Kier molecular flexibility index (Phi) is 6.12. The Morgan fingerprint density at radius 2 is 1.18 bits per heavy atom. The molecule has 2 aromatic rings. The molecule has 17 heavy (non-hydrogen) atoms. The van der Waals surface area contributed by atoms with E-state index in [1.807, 2.05) is 36.4 Å². The summed E-state index contributed by atoms with van der Waals surface area (Å²) in [6.45, 7) is 0. The standard InChI is InChI=1S/C13H13N.HO2P/c14-13(11-7-3-1-4-8-11)12-9-5-2-6-10-12;1-3-2/h1-10,13H,14H2;(H,1,2). The Morgan fingerprint density at radius 3 is 1.47 bits per heavy atom. The lowest BCUT2D eigenvalue weighted by atomic mass is 10.00. The van der Waals surface area contributed by atoms with Crippen molar-refractivity contribution in [1.82, 2.24) is 0 Å². The van der Waals surface area contributed by atoms with Gasteiger partial charge in [-0.3, -0.25) is 0 Å². The van der Waals surface area contributed by atoms with Crippen molar-refractivity contribution in [3.8, 4) is 0 Å². The van der Waals surface area contributed by atoms with Gasteiger partial charge in [-0.15, -0.1) is 0 Å². The molecule has 0 atom stereocenters. The molecule has 0 spiro atoms. The van der Waals surface area contributed by atoms with E-state index in [1.54, 1.807) is 0 Å². The summed E-state index contributed by atoms with van der Waals surface area (Å²) in [4.78, 5) is 6.99. The number of nitrogens with two attached hydrogens (primary N) is 1. The second-order valence-corrected chi connectivity index (χ2v) is 3.54. The topological polar surface area (TPSA) is 63.3 Å². The minimum Gasteiger partial charge on any atom is -0.320 e. The summed E-state index contributed by atoms with van der Waals surface area (Å²) in [6, 6.07) is 20.2. The highest BCUT2D eigenvalue weighted by atomic mass is 31.1. The van der Waals surface area contributed by atoms with Crippen LogP contribution in [0.2, 0.25) is 0 Å². The highest BCUT2D eigenvalue weighted by molar-refractivity contribution is 7.16. The van der Waals surface area contributed by atoms with E-state index in [1.165, 1.54) is 0 Å². The molecule has 0 amide bonds. The van der Waals surface area contributed by atoms with E-state index < -0.39 is 8.69 Å². The fraction of sp³-hybridized carbons (Fsp3) is 0.0769. The minimum absolute atomic E-state index is 0.0163. The van der Waals surface area contributed by atoms with E-state index >= 15 is 0 Å². The van der Waals surface area contributed by atoms with E-state index in [9.17, 15) is 0 Å². The van der Waals surface area contributed by atoms with Crippen LogP contribution < -0.4 is 5.73 Å². The van der Waals surface area contributed by atoms with E-state index in [2.05, 4.69) is 24.3 Å². The summed E-state index contributed by atoms with van der Waals surface area (Å²) >= 11 is 0. The first-order valence-corrected chi connectivity index (χ1v) is 5.88. The normalized spacial score (nSPS) is 9.82. The third kappa shape index (κ3) is 4.45. The van der Waals surface area contributed by atoms with Crippen molar-refractivity contribution in [1.29, 1.82) is 0 Å². The Bertz CT molecular complexity index is 394. The average Bonchev–Trinajstić information content (AvgIpc) is 2.41. The number of hydrogen-bond acceptors (Lipinski definition) is 2. The summed E-state index contributed by atoms with van der Waals surface area (Å²) < 4.78 is 8.46. The Labute approximate surface area is 102 Å². The third-order valence-corrected chi connectivity index (χ3v) is 2.32. The Morgan fingerprint density at radius 1 is 0.882 bits per heavy atom. The van der Waals surface area contributed by atoms with Crippen molar-refractivity contribution in [3.63, 3.8) is 0 Å². The summed E-state index contributed by atoms with van der Waals surface area (Å²) in [7, 11) is -0.833. The molecule has 0 saturated heterocycles. The largest absolute Gasteiger partial charge is 0.324 e. The van der Waals surface area contributed by atoms with Crippen LogP contribution in [0.3, 0.4) is 0 Å². The number of benzene rings is 2. The lowest BCUT2D eigenvalue weighted by Gasteiger charge is -2.11. The Hall–Kier alpha value is -1.54. The fourth-order valence-corrected chi connectivity index (χ4v) is 1.51. The molecule has 0 radical (unpaired) electrons. The van der Waals surface area contributed by atoms with Crippen LogP contribution in [0.5, 0.6) is 0 Å². The second-order valence-electron chi connectivity index (χ2n) is 3.38. The lowest BCUT2D eigenvalue weighted by molar-refractivity contribution is 0.524. The molecule has 4 heteroatoms. The van der Waals surface area contributed by atoms with Crippen molar-refractivity contribution < 1.29 is 9.46 Å². The zero-order chi connectivity index (χ0) is 12.5. The van der Waals surface area contributed by atoms with Gasteiger partial charge in [0.15, 0.2) is 0 Å². The first kappa shape index (κ1) is 13.5. The molecule has 0 heterocycles. The van der Waals surface area contributed by atoms with E-state index in [4.69, 9.17) is 15.2 Å². The van der Waals surface area contributed by atoms with Gasteiger partial charge in [-0.25, -0.2) is 4.57 Å². The van der Waals surface area contributed by atoms with Crippen LogP contribution in [-0.2, 0) is 4.57 Å². The second kappa shape index (κ2) is 7.69. The molecule has 0 fully saturated rings. The van der Waals surface area contributed by atoms with Gasteiger partial charge < -0.3 is 10.6 Å². The predicted molar refractivity (Wildman–Crippen MR) is 68.7 cm³/mol. The molecule has 3 N–H and O–H groups in total. The molecular formula is C13H14NO2P. The molecule has 0 bridgehead atoms. The van der Waals surface area contributed by atoms with Gasteiger partial charge in [0.2, 0.25) is 0 Å². The lowest BCUT2D eigenvalue weighted by Crippen LogP contribution is -2.11. The first-order chi connectivity index (χ1) is 8.29. The maximum absolute atomic E-state index is 8.46. The van der Waals surface area contributed by atoms with Crippen LogP contribution in [0, 0.1) is 0 Å². The van der Waals surface area contributed by atoms with Crippen molar-refractivity contribution in [2.45, 2.75) is 6.04 Å². The smallest absolute Gasteiger partial charge is 0.320 e. The van der Waals surface area contributed by atoms with Gasteiger partial charge in [-0.05, 0) is 11.1 Å². The van der Waals surface area contributed by atoms with Crippen LogP contribution in [-0.4, -0.2) is 4.89 Å². The molecular weight excluding hydrogens is 233 g/mol. The number of hydrogen-bond donors (Lipinski definition) is 2. The molecule has 2 rings (SSSR count). The summed E-state index contributed by atoms with van der Waals surface area (Å²) in [5.74, 6) is 0. The SMILES string of the molecule is NC(c1ccccc1)c1ccccc1.O=PO. The van der Waals surface area contributed by atoms with Gasteiger partial charge in [-0.1, -0.05) is 60.7 Å². The predicted octanol–water partition coefficient (Wildman–Crippen LogP) is 2.92. The zero-order valence-corrected chi connectivity index (χ0v) is 10.1. The highest BCUT2D eigenvalue weighted by Gasteiger charge is 2.06. The fourth-order valence-electron chi connectivity index (χ4n) is 1.51. The van der Waals surface area contributed by atoms with Crippen molar-refractivity contribution in [2.75, 3.05) is 0 Å². The van der Waals surface area contributed by atoms with Crippen LogP contribution in [0.15, 0.2) is 60.7 Å². The quantitative estimate of drug-likeness (QED) is 0.802. The molecule has 0 aliphatic carbocycles. The maximum atomic E-state index is 8.46. The summed E-state index contributed by atoms with van der Waals surface area (Å²) in [5.41, 5.74) is 8.42. The van der Waals surface area contributed by atoms with Gasteiger partial charge in [0.05, 0.1) is 6.04 Å². The molecule has 88 valence electrons. The van der Waals surface area contributed by atoms with Crippen LogP contribution in [0.1, 0.15) is 17.2 Å². The molecule has 0 aliphatic heterocycles. The van der Waals surface area contributed by atoms with Gasteiger partial charge in [0.25, 0.3) is 0 Å². The van der Waals surface area contributed by atoms with Crippen molar-refractivity contribution in [2.24, 2.45) is 5.73 Å². The summed E-state index contributed by atoms with van der Waals surface area (Å²) in [5, 5.41) is 0. The van der Waals surface area contributed by atoms with Gasteiger partial charge in [-0.2, -0.15) is 0 Å². The maximum Gasteiger partial charge on any atom is 0.324 e. The van der Waals surface area contributed by atoms with Crippen LogP contribution in [0.25, 0.3) is 0 Å². The molecule has 0 saturated carbocycles. The van der Waals surface area contributed by atoms with Crippen molar-refractivity contribution >= 4 is 8.69 Å². The van der Waals surface area contributed by atoms with Gasteiger partial charge in [0, 0.05) is 0 Å². The van der Waals surface area contributed by atoms with Gasteiger partial charge in [0.1, 0.15) is 0 Å². The number of rotatable bonds is 2. The van der Waals surface area contributed by atoms with Crippen LogP contribution >= 0.6 is 8.69 Å². The van der Waals surface area contributed by atoms with Crippen molar-refractivity contribution in [3.05, 3.63) is 71.8 Å². The zero-order valence-electron chi connectivity index (χ0n) is 9.23. The molecule has 0 aliphatic rings. The molecule has 3 nitrogen and oxygen atoms in total. The molecule has 0 unspecified atom stereocenters. The molecule has 0 aromatic heterocycles. The highest BCUT2D eigenvalue weighted by Crippen LogP contribution is 2.18. The van der Waals surface area contributed by atoms with Gasteiger partial charge >= 0.3 is 8.69 Å². The molecule has 2 aromatic carbocycles. The summed E-state index contributed by atoms with van der Waals surface area (Å²) in [6.07, 6.45) is 0. The first-order valence-electron chi connectivity index (χ1n) is 5.11. The average molecular weight is 247 g/mol. The monoisotopic (exact) mass is 247 g/mol.